The van der Waals surface area contributed by atoms with Gasteiger partial charge in [-0.15, -0.1) is 0 Å². The Morgan fingerprint density at radius 3 is 2.89 bits per heavy atom. The standard InChI is InChI=1S/C13H14N4O2/c14-10-6-5-9-12(16-10)17-11(15-9)7-3-1-2-4-8(7)13(18)19/h1-2,5-8H,3-4H2,(H,18,19)(H3,14,15,16,17)/t7-,8+/m1/s1. The number of H-pyrrole nitrogens is 1. The molecule has 4 N–H and O–H groups in total. The van der Waals surface area contributed by atoms with E-state index in [4.69, 9.17) is 5.73 Å². The number of hydrogen-bond donors (Lipinski definition) is 3. The molecular weight excluding hydrogens is 244 g/mol. The van der Waals surface area contributed by atoms with Crippen LogP contribution in [0.25, 0.3) is 11.2 Å². The molecule has 0 aromatic carbocycles. The van der Waals surface area contributed by atoms with Gasteiger partial charge in [0.05, 0.1) is 11.4 Å². The van der Waals surface area contributed by atoms with E-state index < -0.39 is 11.9 Å². The number of anilines is 1. The highest BCUT2D eigenvalue weighted by Crippen LogP contribution is 2.34. The summed E-state index contributed by atoms with van der Waals surface area (Å²) in [5.41, 5.74) is 6.93. The SMILES string of the molecule is Nc1ccc2[nH]c([C@@H]3CC=CC[C@@H]3C(=O)O)nc2n1. The Morgan fingerprint density at radius 1 is 1.32 bits per heavy atom. The zero-order chi connectivity index (χ0) is 13.4. The number of nitrogens with one attached hydrogen (secondary N) is 1. The zero-order valence-corrected chi connectivity index (χ0v) is 10.2. The predicted molar refractivity (Wildman–Crippen MR) is 70.5 cm³/mol. The maximum atomic E-state index is 11.3. The number of pyridine rings is 1. The van der Waals surface area contributed by atoms with Gasteiger partial charge in [-0.2, -0.15) is 0 Å². The molecule has 0 saturated heterocycles. The summed E-state index contributed by atoms with van der Waals surface area (Å²) in [5.74, 6) is -0.295. The van der Waals surface area contributed by atoms with E-state index in [0.717, 1.165) is 5.52 Å². The highest BCUT2D eigenvalue weighted by molar-refractivity contribution is 5.74. The first-order valence-electron chi connectivity index (χ1n) is 6.15. The quantitative estimate of drug-likeness (QED) is 0.711. The van der Waals surface area contributed by atoms with Crippen LogP contribution in [0.4, 0.5) is 5.82 Å². The van der Waals surface area contributed by atoms with Crippen LogP contribution in [0.1, 0.15) is 24.6 Å². The van der Waals surface area contributed by atoms with Gasteiger partial charge >= 0.3 is 5.97 Å². The van der Waals surface area contributed by atoms with Crippen molar-refractivity contribution in [3.8, 4) is 0 Å². The highest BCUT2D eigenvalue weighted by Gasteiger charge is 2.32. The Hall–Kier alpha value is -2.37. The molecule has 98 valence electrons. The van der Waals surface area contributed by atoms with Crippen LogP contribution >= 0.6 is 0 Å². The second-order valence-corrected chi connectivity index (χ2v) is 4.72. The number of nitrogen functional groups attached to an aromatic ring is 1. The van der Waals surface area contributed by atoms with Gasteiger partial charge in [0, 0.05) is 5.92 Å². The molecule has 0 spiro atoms. The summed E-state index contributed by atoms with van der Waals surface area (Å²) < 4.78 is 0. The first kappa shape index (κ1) is 11.7. The Morgan fingerprint density at radius 2 is 2.11 bits per heavy atom. The maximum Gasteiger partial charge on any atom is 0.307 e. The van der Waals surface area contributed by atoms with E-state index >= 15 is 0 Å². The van der Waals surface area contributed by atoms with Crippen molar-refractivity contribution in [2.24, 2.45) is 5.92 Å². The molecule has 2 aromatic heterocycles. The van der Waals surface area contributed by atoms with Crippen molar-refractivity contribution in [1.82, 2.24) is 15.0 Å². The molecule has 0 saturated carbocycles. The van der Waals surface area contributed by atoms with Crippen molar-refractivity contribution in [2.45, 2.75) is 18.8 Å². The van der Waals surface area contributed by atoms with Gasteiger partial charge < -0.3 is 15.8 Å². The number of carbonyl (C=O) groups is 1. The molecule has 1 aliphatic carbocycles. The summed E-state index contributed by atoms with van der Waals surface area (Å²) in [6.45, 7) is 0. The summed E-state index contributed by atoms with van der Waals surface area (Å²) in [5, 5.41) is 9.28. The minimum absolute atomic E-state index is 0.141. The van der Waals surface area contributed by atoms with Gasteiger partial charge in [-0.1, -0.05) is 12.2 Å². The number of allylic oxidation sites excluding steroid dienone is 2. The number of rotatable bonds is 2. The van der Waals surface area contributed by atoms with E-state index in [2.05, 4.69) is 15.0 Å². The topological polar surface area (TPSA) is 105 Å². The van der Waals surface area contributed by atoms with E-state index in [0.29, 0.717) is 30.1 Å². The van der Waals surface area contributed by atoms with E-state index in [1.807, 2.05) is 18.2 Å². The third-order valence-electron chi connectivity index (χ3n) is 3.49. The Bertz CT molecular complexity index is 662. The molecule has 0 aliphatic heterocycles. The number of carboxylic acids is 1. The Kier molecular flexibility index (Phi) is 2.70. The Balaban J connectivity index is 2.02. The monoisotopic (exact) mass is 258 g/mol. The maximum absolute atomic E-state index is 11.3. The number of aliphatic carboxylic acids is 1. The van der Waals surface area contributed by atoms with Gasteiger partial charge in [-0.3, -0.25) is 4.79 Å². The van der Waals surface area contributed by atoms with Gasteiger partial charge in [0.2, 0.25) is 0 Å². The second-order valence-electron chi connectivity index (χ2n) is 4.72. The fourth-order valence-electron chi connectivity index (χ4n) is 2.49. The number of fused-ring (bicyclic) bond motifs is 1. The van der Waals surface area contributed by atoms with Gasteiger partial charge in [0.15, 0.2) is 5.65 Å². The van der Waals surface area contributed by atoms with Crippen LogP contribution in [0.15, 0.2) is 24.3 Å². The summed E-state index contributed by atoms with van der Waals surface area (Å²) in [6, 6.07) is 3.50. The van der Waals surface area contributed by atoms with E-state index in [1.54, 1.807) is 6.07 Å². The largest absolute Gasteiger partial charge is 0.481 e. The van der Waals surface area contributed by atoms with Crippen LogP contribution in [-0.4, -0.2) is 26.0 Å². The molecule has 0 bridgehead atoms. The smallest absolute Gasteiger partial charge is 0.307 e. The van der Waals surface area contributed by atoms with Gasteiger partial charge in [-0.25, -0.2) is 9.97 Å². The molecule has 6 heteroatoms. The van der Waals surface area contributed by atoms with E-state index in [1.165, 1.54) is 0 Å². The summed E-state index contributed by atoms with van der Waals surface area (Å²) >= 11 is 0. The molecule has 0 amide bonds. The molecule has 0 radical (unpaired) electrons. The lowest BCUT2D eigenvalue weighted by molar-refractivity contribution is -0.142. The third-order valence-corrected chi connectivity index (χ3v) is 3.49. The first-order chi connectivity index (χ1) is 9.15. The zero-order valence-electron chi connectivity index (χ0n) is 10.2. The van der Waals surface area contributed by atoms with Gasteiger partial charge in [0.1, 0.15) is 11.6 Å². The normalized spacial score (nSPS) is 22.7. The van der Waals surface area contributed by atoms with Crippen LogP contribution in [0, 0.1) is 5.92 Å². The fraction of sp³-hybridized carbons (Fsp3) is 0.308. The third kappa shape index (κ3) is 2.05. The van der Waals surface area contributed by atoms with Gasteiger partial charge in [-0.05, 0) is 25.0 Å². The molecule has 6 nitrogen and oxygen atoms in total. The molecule has 3 rings (SSSR count). The van der Waals surface area contributed by atoms with E-state index in [9.17, 15) is 9.90 Å². The van der Waals surface area contributed by atoms with Crippen molar-refractivity contribution in [3.05, 3.63) is 30.1 Å². The summed E-state index contributed by atoms with van der Waals surface area (Å²) in [4.78, 5) is 23.0. The van der Waals surface area contributed by atoms with Crippen molar-refractivity contribution in [2.75, 3.05) is 5.73 Å². The molecule has 2 heterocycles. The lowest BCUT2D eigenvalue weighted by Gasteiger charge is -2.23. The second kappa shape index (κ2) is 4.38. The Labute approximate surface area is 109 Å². The molecule has 2 atom stereocenters. The average molecular weight is 258 g/mol. The van der Waals surface area contributed by atoms with Crippen molar-refractivity contribution in [3.63, 3.8) is 0 Å². The van der Waals surface area contributed by atoms with Crippen LogP contribution in [0.3, 0.4) is 0 Å². The first-order valence-corrected chi connectivity index (χ1v) is 6.15. The fourth-order valence-corrected chi connectivity index (χ4v) is 2.49. The van der Waals surface area contributed by atoms with Crippen molar-refractivity contribution < 1.29 is 9.90 Å². The molecule has 2 aromatic rings. The predicted octanol–water partition coefficient (Wildman–Crippen LogP) is 1.67. The summed E-state index contributed by atoms with van der Waals surface area (Å²) in [7, 11) is 0. The molecule has 19 heavy (non-hydrogen) atoms. The number of imidazole rings is 1. The number of hydrogen-bond acceptors (Lipinski definition) is 4. The van der Waals surface area contributed by atoms with Crippen molar-refractivity contribution in [1.29, 1.82) is 0 Å². The van der Waals surface area contributed by atoms with Gasteiger partial charge in [0.25, 0.3) is 0 Å². The van der Waals surface area contributed by atoms with Crippen LogP contribution < -0.4 is 5.73 Å². The minimum atomic E-state index is -0.790. The lowest BCUT2D eigenvalue weighted by Crippen LogP contribution is -2.24. The number of carboxylic acid groups (broad SMARTS) is 1. The number of aromatic nitrogens is 3. The lowest BCUT2D eigenvalue weighted by atomic mass is 9.82. The molecule has 0 fully saturated rings. The molecule has 0 unspecified atom stereocenters. The highest BCUT2D eigenvalue weighted by atomic mass is 16.4. The number of nitrogens with zero attached hydrogens (tertiary/aromatic N) is 2. The van der Waals surface area contributed by atoms with Crippen molar-refractivity contribution >= 4 is 23.0 Å². The van der Waals surface area contributed by atoms with Crippen LogP contribution in [0.5, 0.6) is 0 Å². The van der Waals surface area contributed by atoms with Crippen LogP contribution in [-0.2, 0) is 4.79 Å². The molecular formula is C13H14N4O2. The van der Waals surface area contributed by atoms with Crippen LogP contribution in [0.2, 0.25) is 0 Å². The average Bonchev–Trinajstić information content (AvgIpc) is 2.81. The minimum Gasteiger partial charge on any atom is -0.481 e. The number of nitrogens with two attached hydrogens (primary N) is 1. The molecule has 1 aliphatic rings. The summed E-state index contributed by atoms with van der Waals surface area (Å²) in [6.07, 6.45) is 5.12. The van der Waals surface area contributed by atoms with E-state index in [-0.39, 0.29) is 5.92 Å². The number of aromatic amines is 1.